The molecule has 4 heteroatoms. The molecule has 19 heavy (non-hydrogen) atoms. The number of hydrazine groups is 1. The van der Waals surface area contributed by atoms with E-state index >= 15 is 0 Å². The number of nitrogens with one attached hydrogen (secondary N) is 1. The predicted molar refractivity (Wildman–Crippen MR) is 80.1 cm³/mol. The predicted octanol–water partition coefficient (Wildman–Crippen LogP) is 3.93. The summed E-state index contributed by atoms with van der Waals surface area (Å²) < 4.78 is 14.2. The SMILES string of the molecule is CC1(C(Cc2cc(F)cc(Br)c2)NN)CCCCC1. The molecule has 1 aliphatic rings. The second-order valence-corrected chi connectivity index (χ2v) is 6.83. The maximum Gasteiger partial charge on any atom is 0.124 e. The van der Waals surface area contributed by atoms with Gasteiger partial charge in [0.2, 0.25) is 0 Å². The van der Waals surface area contributed by atoms with Gasteiger partial charge in [-0.05, 0) is 48.4 Å². The van der Waals surface area contributed by atoms with Crippen LogP contribution in [0.4, 0.5) is 4.39 Å². The fraction of sp³-hybridized carbons (Fsp3) is 0.600. The molecule has 1 fully saturated rings. The first-order valence-corrected chi connectivity index (χ1v) is 7.74. The van der Waals surface area contributed by atoms with Crippen molar-refractivity contribution >= 4 is 15.9 Å². The number of halogens is 2. The van der Waals surface area contributed by atoms with E-state index < -0.39 is 0 Å². The van der Waals surface area contributed by atoms with Gasteiger partial charge in [-0.2, -0.15) is 0 Å². The molecule has 0 amide bonds. The zero-order chi connectivity index (χ0) is 13.9. The summed E-state index contributed by atoms with van der Waals surface area (Å²) in [5, 5.41) is 0. The Morgan fingerprint density at radius 2 is 2.00 bits per heavy atom. The van der Waals surface area contributed by atoms with Gasteiger partial charge >= 0.3 is 0 Å². The normalized spacial score (nSPS) is 20.2. The monoisotopic (exact) mass is 328 g/mol. The molecule has 2 nitrogen and oxygen atoms in total. The highest BCUT2D eigenvalue weighted by Crippen LogP contribution is 2.39. The lowest BCUT2D eigenvalue weighted by molar-refractivity contribution is 0.144. The van der Waals surface area contributed by atoms with Gasteiger partial charge in [0.1, 0.15) is 5.82 Å². The van der Waals surface area contributed by atoms with Crippen LogP contribution in [-0.2, 0) is 6.42 Å². The number of nitrogens with two attached hydrogens (primary N) is 1. The molecule has 3 N–H and O–H groups in total. The molecule has 0 aliphatic heterocycles. The van der Waals surface area contributed by atoms with Gasteiger partial charge in [-0.1, -0.05) is 42.1 Å². The molecule has 0 saturated heterocycles. The van der Waals surface area contributed by atoms with E-state index in [-0.39, 0.29) is 17.3 Å². The summed E-state index contributed by atoms with van der Waals surface area (Å²) in [6.45, 7) is 2.30. The van der Waals surface area contributed by atoms with E-state index in [9.17, 15) is 4.39 Å². The molecule has 1 aromatic rings. The summed E-state index contributed by atoms with van der Waals surface area (Å²) in [6, 6.07) is 5.25. The Kier molecular flexibility index (Phi) is 4.98. The third-order valence-corrected chi connectivity index (χ3v) is 4.86. The van der Waals surface area contributed by atoms with E-state index in [0.29, 0.717) is 0 Å². The molecule has 1 aromatic carbocycles. The summed E-state index contributed by atoms with van der Waals surface area (Å²) in [7, 11) is 0. The van der Waals surface area contributed by atoms with Crippen molar-refractivity contribution in [3.63, 3.8) is 0 Å². The van der Waals surface area contributed by atoms with E-state index in [1.165, 1.54) is 38.2 Å². The van der Waals surface area contributed by atoms with Crippen LogP contribution in [0.5, 0.6) is 0 Å². The maximum atomic E-state index is 13.4. The number of hydrogen-bond donors (Lipinski definition) is 2. The highest BCUT2D eigenvalue weighted by atomic mass is 79.9. The molecule has 0 heterocycles. The van der Waals surface area contributed by atoms with E-state index in [1.807, 2.05) is 6.07 Å². The molecule has 1 atom stereocenters. The highest BCUT2D eigenvalue weighted by molar-refractivity contribution is 9.10. The summed E-state index contributed by atoms with van der Waals surface area (Å²) in [6.07, 6.45) is 7.00. The second-order valence-electron chi connectivity index (χ2n) is 5.92. The van der Waals surface area contributed by atoms with Crippen LogP contribution in [0.15, 0.2) is 22.7 Å². The van der Waals surface area contributed by atoms with Crippen LogP contribution in [-0.4, -0.2) is 6.04 Å². The first kappa shape index (κ1) is 14.9. The van der Waals surface area contributed by atoms with Crippen molar-refractivity contribution in [2.45, 2.75) is 51.5 Å². The highest BCUT2D eigenvalue weighted by Gasteiger charge is 2.34. The summed E-state index contributed by atoms with van der Waals surface area (Å²) >= 11 is 3.34. The van der Waals surface area contributed by atoms with E-state index in [0.717, 1.165) is 16.5 Å². The van der Waals surface area contributed by atoms with Crippen molar-refractivity contribution < 1.29 is 4.39 Å². The van der Waals surface area contributed by atoms with Crippen molar-refractivity contribution in [3.05, 3.63) is 34.1 Å². The molecular formula is C15H22BrFN2. The largest absolute Gasteiger partial charge is 0.271 e. The Bertz CT molecular complexity index is 410. The van der Waals surface area contributed by atoms with Crippen molar-refractivity contribution in [1.29, 1.82) is 0 Å². The Morgan fingerprint density at radius 3 is 2.58 bits per heavy atom. The van der Waals surface area contributed by atoms with Crippen LogP contribution in [0.3, 0.4) is 0 Å². The third kappa shape index (κ3) is 3.77. The lowest BCUT2D eigenvalue weighted by Gasteiger charge is -2.40. The molecule has 1 saturated carbocycles. The second kappa shape index (κ2) is 6.33. The molecule has 106 valence electrons. The quantitative estimate of drug-likeness (QED) is 0.649. The molecule has 2 rings (SSSR count). The van der Waals surface area contributed by atoms with Gasteiger partial charge in [0.05, 0.1) is 0 Å². The fourth-order valence-corrected chi connectivity index (χ4v) is 3.69. The first-order valence-electron chi connectivity index (χ1n) is 6.94. The van der Waals surface area contributed by atoms with E-state index in [1.54, 1.807) is 6.07 Å². The minimum atomic E-state index is -0.200. The fourth-order valence-electron chi connectivity index (χ4n) is 3.18. The molecule has 0 bridgehead atoms. The minimum Gasteiger partial charge on any atom is -0.271 e. The average Bonchev–Trinajstić information content (AvgIpc) is 2.35. The maximum absolute atomic E-state index is 13.4. The number of hydrogen-bond acceptors (Lipinski definition) is 2. The third-order valence-electron chi connectivity index (χ3n) is 4.40. The lowest BCUT2D eigenvalue weighted by Crippen LogP contribution is -2.49. The molecule has 1 unspecified atom stereocenters. The summed E-state index contributed by atoms with van der Waals surface area (Å²) in [5.74, 6) is 5.56. The van der Waals surface area contributed by atoms with E-state index in [4.69, 9.17) is 5.84 Å². The van der Waals surface area contributed by atoms with Crippen LogP contribution >= 0.6 is 15.9 Å². The Morgan fingerprint density at radius 1 is 1.32 bits per heavy atom. The Labute approximate surface area is 123 Å². The van der Waals surface area contributed by atoms with Crippen LogP contribution < -0.4 is 11.3 Å². The first-order chi connectivity index (χ1) is 9.03. The van der Waals surface area contributed by atoms with E-state index in [2.05, 4.69) is 28.3 Å². The zero-order valence-corrected chi connectivity index (χ0v) is 13.0. The number of benzene rings is 1. The van der Waals surface area contributed by atoms with Gasteiger partial charge in [0.25, 0.3) is 0 Å². The topological polar surface area (TPSA) is 38.0 Å². The molecule has 0 aromatic heterocycles. The minimum absolute atomic E-state index is 0.196. The van der Waals surface area contributed by atoms with Crippen molar-refractivity contribution in [2.24, 2.45) is 11.3 Å². The Hall–Kier alpha value is -0.450. The van der Waals surface area contributed by atoms with Gasteiger partial charge in [0.15, 0.2) is 0 Å². The lowest BCUT2D eigenvalue weighted by atomic mass is 9.69. The van der Waals surface area contributed by atoms with Crippen LogP contribution in [0, 0.1) is 11.2 Å². The van der Waals surface area contributed by atoms with Crippen molar-refractivity contribution in [2.75, 3.05) is 0 Å². The van der Waals surface area contributed by atoms with Gasteiger partial charge in [0, 0.05) is 10.5 Å². The van der Waals surface area contributed by atoms with Crippen molar-refractivity contribution in [1.82, 2.24) is 5.43 Å². The van der Waals surface area contributed by atoms with Gasteiger partial charge < -0.3 is 0 Å². The van der Waals surface area contributed by atoms with Crippen molar-refractivity contribution in [3.8, 4) is 0 Å². The zero-order valence-electron chi connectivity index (χ0n) is 11.4. The van der Waals surface area contributed by atoms with Crippen LogP contribution in [0.1, 0.15) is 44.6 Å². The number of rotatable bonds is 4. The summed E-state index contributed by atoms with van der Waals surface area (Å²) in [5.41, 5.74) is 4.16. The molecule has 0 spiro atoms. The average molecular weight is 329 g/mol. The molecule has 1 aliphatic carbocycles. The van der Waals surface area contributed by atoms with Crippen LogP contribution in [0.25, 0.3) is 0 Å². The van der Waals surface area contributed by atoms with Crippen LogP contribution in [0.2, 0.25) is 0 Å². The smallest absolute Gasteiger partial charge is 0.124 e. The standard InChI is InChI=1S/C15H22BrFN2/c1-15(5-3-2-4-6-15)14(19-18)9-11-7-12(16)10-13(17)8-11/h7-8,10,14,19H,2-6,9,18H2,1H3. The molecule has 0 radical (unpaired) electrons. The van der Waals surface area contributed by atoms with Gasteiger partial charge in [-0.15, -0.1) is 0 Å². The Balaban J connectivity index is 2.13. The summed E-state index contributed by atoms with van der Waals surface area (Å²) in [4.78, 5) is 0. The van der Waals surface area contributed by atoms with Gasteiger partial charge in [-0.25, -0.2) is 4.39 Å². The van der Waals surface area contributed by atoms with Gasteiger partial charge in [-0.3, -0.25) is 11.3 Å². The molecular weight excluding hydrogens is 307 g/mol.